The maximum atomic E-state index is 11.4. The number of hydrazine groups is 1. The summed E-state index contributed by atoms with van der Waals surface area (Å²) in [6.45, 7) is 5.48. The van der Waals surface area contributed by atoms with Gasteiger partial charge >= 0.3 is 6.03 Å². The van der Waals surface area contributed by atoms with Gasteiger partial charge in [0.15, 0.2) is 0 Å². The highest BCUT2D eigenvalue weighted by Crippen LogP contribution is 2.18. The van der Waals surface area contributed by atoms with Crippen molar-refractivity contribution >= 4 is 17.6 Å². The molecule has 1 aromatic rings. The second kappa shape index (κ2) is 5.89. The van der Waals surface area contributed by atoms with Crippen LogP contribution in [0.25, 0.3) is 0 Å². The summed E-state index contributed by atoms with van der Waals surface area (Å²) >= 11 is 0. The monoisotopic (exact) mass is 235 g/mol. The van der Waals surface area contributed by atoms with Gasteiger partial charge in [0.05, 0.1) is 0 Å². The van der Waals surface area contributed by atoms with Gasteiger partial charge in [0, 0.05) is 12.6 Å². The second-order valence-corrected chi connectivity index (χ2v) is 4.04. The average Bonchev–Trinajstić information content (AvgIpc) is 2.26. The molecule has 0 radical (unpaired) electrons. The first kappa shape index (κ1) is 13.0. The van der Waals surface area contributed by atoms with E-state index >= 15 is 0 Å². The lowest BCUT2D eigenvalue weighted by Crippen LogP contribution is -2.42. The molecular formula is C12H17N3O2. The molecule has 0 aromatic heterocycles. The van der Waals surface area contributed by atoms with E-state index in [1.165, 1.54) is 6.92 Å². The van der Waals surface area contributed by atoms with Crippen LogP contribution in [0, 0.1) is 0 Å². The Bertz CT molecular complexity index is 416. The third-order valence-electron chi connectivity index (χ3n) is 2.16. The number of carbonyl (C=O) groups excluding carboxylic acids is 2. The molecule has 5 heteroatoms. The van der Waals surface area contributed by atoms with Crippen LogP contribution >= 0.6 is 0 Å². The zero-order valence-electron chi connectivity index (χ0n) is 10.2. The molecule has 0 saturated heterocycles. The zero-order valence-corrected chi connectivity index (χ0v) is 10.2. The lowest BCUT2D eigenvalue weighted by atomic mass is 10.0. The molecule has 0 saturated carbocycles. The van der Waals surface area contributed by atoms with E-state index in [2.05, 4.69) is 30.0 Å². The van der Waals surface area contributed by atoms with Gasteiger partial charge in [0.1, 0.15) is 0 Å². The molecule has 0 unspecified atom stereocenters. The number of anilines is 1. The van der Waals surface area contributed by atoms with Crippen molar-refractivity contribution in [2.45, 2.75) is 26.7 Å². The van der Waals surface area contributed by atoms with E-state index in [0.717, 1.165) is 5.56 Å². The summed E-state index contributed by atoms with van der Waals surface area (Å²) in [7, 11) is 0. The van der Waals surface area contributed by atoms with Crippen LogP contribution < -0.4 is 16.2 Å². The number of urea groups is 1. The predicted molar refractivity (Wildman–Crippen MR) is 66.5 cm³/mol. The van der Waals surface area contributed by atoms with Gasteiger partial charge in [-0.15, -0.1) is 0 Å². The molecule has 5 nitrogen and oxygen atoms in total. The summed E-state index contributed by atoms with van der Waals surface area (Å²) in [6, 6.07) is 7.10. The van der Waals surface area contributed by atoms with Gasteiger partial charge in [-0.05, 0) is 23.6 Å². The van der Waals surface area contributed by atoms with Gasteiger partial charge < -0.3 is 5.32 Å². The molecule has 92 valence electrons. The molecule has 1 aromatic carbocycles. The van der Waals surface area contributed by atoms with Crippen molar-refractivity contribution < 1.29 is 9.59 Å². The molecular weight excluding hydrogens is 218 g/mol. The Morgan fingerprint density at radius 2 is 1.88 bits per heavy atom. The van der Waals surface area contributed by atoms with Gasteiger partial charge in [-0.3, -0.25) is 10.2 Å². The SMILES string of the molecule is CC(=O)NNC(=O)Nc1cccc(C(C)C)c1. The van der Waals surface area contributed by atoms with Crippen molar-refractivity contribution in [3.8, 4) is 0 Å². The number of nitrogens with one attached hydrogen (secondary N) is 3. The fourth-order valence-corrected chi connectivity index (χ4v) is 1.28. The van der Waals surface area contributed by atoms with Crippen LogP contribution in [-0.4, -0.2) is 11.9 Å². The first-order valence-electron chi connectivity index (χ1n) is 5.42. The van der Waals surface area contributed by atoms with E-state index in [1.54, 1.807) is 6.07 Å². The summed E-state index contributed by atoms with van der Waals surface area (Å²) < 4.78 is 0. The first-order valence-corrected chi connectivity index (χ1v) is 5.42. The predicted octanol–water partition coefficient (Wildman–Crippen LogP) is 1.98. The van der Waals surface area contributed by atoms with Gasteiger partial charge in [0.25, 0.3) is 0 Å². The Balaban J connectivity index is 2.59. The number of hydrogen-bond acceptors (Lipinski definition) is 2. The molecule has 17 heavy (non-hydrogen) atoms. The highest BCUT2D eigenvalue weighted by atomic mass is 16.2. The summed E-state index contributed by atoms with van der Waals surface area (Å²) in [5, 5.41) is 2.63. The van der Waals surface area contributed by atoms with Crippen LogP contribution in [0.4, 0.5) is 10.5 Å². The smallest absolute Gasteiger partial charge is 0.307 e. The lowest BCUT2D eigenvalue weighted by Gasteiger charge is -2.10. The van der Waals surface area contributed by atoms with Crippen LogP contribution in [0.5, 0.6) is 0 Å². The fraction of sp³-hybridized carbons (Fsp3) is 0.333. The lowest BCUT2D eigenvalue weighted by molar-refractivity contribution is -0.119. The van der Waals surface area contributed by atoms with Gasteiger partial charge in [-0.1, -0.05) is 26.0 Å². The van der Waals surface area contributed by atoms with E-state index in [1.807, 2.05) is 18.2 Å². The van der Waals surface area contributed by atoms with Crippen molar-refractivity contribution in [1.82, 2.24) is 10.9 Å². The van der Waals surface area contributed by atoms with Crippen LogP contribution in [0.2, 0.25) is 0 Å². The molecule has 1 rings (SSSR count). The molecule has 3 N–H and O–H groups in total. The van der Waals surface area contributed by atoms with E-state index < -0.39 is 6.03 Å². The van der Waals surface area contributed by atoms with E-state index in [-0.39, 0.29) is 5.91 Å². The topological polar surface area (TPSA) is 70.2 Å². The molecule has 0 atom stereocenters. The van der Waals surface area contributed by atoms with E-state index in [9.17, 15) is 9.59 Å². The number of carbonyl (C=O) groups is 2. The summed E-state index contributed by atoms with van der Waals surface area (Å²) in [5.74, 6) is 0.0752. The van der Waals surface area contributed by atoms with Crippen LogP contribution in [-0.2, 0) is 4.79 Å². The summed E-state index contributed by atoms with van der Waals surface area (Å²) in [4.78, 5) is 22.0. The number of hydrogen-bond donors (Lipinski definition) is 3. The Hall–Kier alpha value is -2.04. The van der Waals surface area contributed by atoms with E-state index in [0.29, 0.717) is 11.6 Å². The molecule has 0 heterocycles. The third kappa shape index (κ3) is 4.55. The Kier molecular flexibility index (Phi) is 4.51. The zero-order chi connectivity index (χ0) is 12.8. The molecule has 3 amide bonds. The van der Waals surface area contributed by atoms with Crippen LogP contribution in [0.3, 0.4) is 0 Å². The van der Waals surface area contributed by atoms with Crippen LogP contribution in [0.1, 0.15) is 32.3 Å². The summed E-state index contributed by atoms with van der Waals surface area (Å²) in [6.07, 6.45) is 0. The van der Waals surface area contributed by atoms with Crippen molar-refractivity contribution in [1.29, 1.82) is 0 Å². The average molecular weight is 235 g/mol. The Labute approximate surface area is 101 Å². The maximum absolute atomic E-state index is 11.4. The second-order valence-electron chi connectivity index (χ2n) is 4.04. The quantitative estimate of drug-likeness (QED) is 0.686. The van der Waals surface area contributed by atoms with Crippen molar-refractivity contribution in [2.24, 2.45) is 0 Å². The van der Waals surface area contributed by atoms with Gasteiger partial charge in [-0.2, -0.15) is 0 Å². The Morgan fingerprint density at radius 1 is 1.18 bits per heavy atom. The first-order chi connectivity index (χ1) is 7.99. The largest absolute Gasteiger partial charge is 0.337 e. The molecule has 0 aliphatic rings. The van der Waals surface area contributed by atoms with Crippen molar-refractivity contribution in [2.75, 3.05) is 5.32 Å². The van der Waals surface area contributed by atoms with Crippen molar-refractivity contribution in [3.05, 3.63) is 29.8 Å². The highest BCUT2D eigenvalue weighted by molar-refractivity contribution is 5.90. The minimum Gasteiger partial charge on any atom is -0.307 e. The number of benzene rings is 1. The normalized spacial score (nSPS) is 9.88. The standard InChI is InChI=1S/C12H17N3O2/c1-8(2)10-5-4-6-11(7-10)13-12(17)15-14-9(3)16/h4-8H,1-3H3,(H,14,16)(H2,13,15,17). The van der Waals surface area contributed by atoms with Gasteiger partial charge in [-0.25, -0.2) is 10.2 Å². The third-order valence-corrected chi connectivity index (χ3v) is 2.16. The minimum atomic E-state index is -0.471. The Morgan fingerprint density at radius 3 is 2.47 bits per heavy atom. The number of rotatable bonds is 2. The van der Waals surface area contributed by atoms with E-state index in [4.69, 9.17) is 0 Å². The highest BCUT2D eigenvalue weighted by Gasteiger charge is 2.04. The minimum absolute atomic E-state index is 0.323. The van der Waals surface area contributed by atoms with Crippen LogP contribution in [0.15, 0.2) is 24.3 Å². The molecule has 0 aliphatic heterocycles. The number of amides is 3. The van der Waals surface area contributed by atoms with Gasteiger partial charge in [0.2, 0.25) is 5.91 Å². The molecule has 0 bridgehead atoms. The fourth-order valence-electron chi connectivity index (χ4n) is 1.28. The summed E-state index contributed by atoms with van der Waals surface area (Å²) in [5.41, 5.74) is 6.27. The van der Waals surface area contributed by atoms with Crippen molar-refractivity contribution in [3.63, 3.8) is 0 Å². The maximum Gasteiger partial charge on any atom is 0.337 e. The molecule has 0 fully saturated rings. The molecule has 0 aliphatic carbocycles. The molecule has 0 spiro atoms.